The van der Waals surface area contributed by atoms with Gasteiger partial charge in [-0.15, -0.1) is 0 Å². The van der Waals surface area contributed by atoms with Gasteiger partial charge in [0.15, 0.2) is 11.6 Å². The van der Waals surface area contributed by atoms with Crippen molar-refractivity contribution in [2.45, 2.75) is 26.2 Å². The zero-order valence-electron chi connectivity index (χ0n) is 9.19. The van der Waals surface area contributed by atoms with E-state index in [1.165, 1.54) is 12.1 Å². The third kappa shape index (κ3) is 3.59. The Kier molecular flexibility index (Phi) is 4.69. The fourth-order valence-electron chi connectivity index (χ4n) is 1.48. The van der Waals surface area contributed by atoms with E-state index in [9.17, 15) is 8.78 Å². The van der Waals surface area contributed by atoms with Crippen molar-refractivity contribution in [1.29, 1.82) is 0 Å². The van der Waals surface area contributed by atoms with Crippen molar-refractivity contribution >= 4 is 0 Å². The van der Waals surface area contributed by atoms with Crippen molar-refractivity contribution in [3.05, 3.63) is 35.4 Å². The van der Waals surface area contributed by atoms with Crippen molar-refractivity contribution in [3.63, 3.8) is 0 Å². The Balaban J connectivity index is 2.57. The Morgan fingerprint density at radius 2 is 2.00 bits per heavy atom. The standard InChI is InChI=1S/C12H17F2N/c1-3-15-7-6-9(2)10-4-5-11(13)12(14)8-10/h4-5,8-9,15H,3,6-7H2,1-2H3. The summed E-state index contributed by atoms with van der Waals surface area (Å²) in [5.41, 5.74) is 0.854. The third-order valence-electron chi connectivity index (χ3n) is 2.52. The molecule has 1 rings (SSSR count). The Hall–Kier alpha value is -0.960. The average molecular weight is 213 g/mol. The number of hydrogen-bond donors (Lipinski definition) is 1. The van der Waals surface area contributed by atoms with Gasteiger partial charge < -0.3 is 5.32 Å². The van der Waals surface area contributed by atoms with E-state index in [4.69, 9.17) is 0 Å². The lowest BCUT2D eigenvalue weighted by atomic mass is 9.98. The number of rotatable bonds is 5. The first kappa shape index (κ1) is 12.1. The Bertz CT molecular complexity index is 312. The van der Waals surface area contributed by atoms with Crippen LogP contribution in [0, 0.1) is 11.6 Å². The van der Waals surface area contributed by atoms with Crippen molar-refractivity contribution in [2.75, 3.05) is 13.1 Å². The molecule has 0 radical (unpaired) electrons. The van der Waals surface area contributed by atoms with E-state index in [0.29, 0.717) is 0 Å². The monoisotopic (exact) mass is 213 g/mol. The fourth-order valence-corrected chi connectivity index (χ4v) is 1.48. The topological polar surface area (TPSA) is 12.0 Å². The number of nitrogens with one attached hydrogen (secondary N) is 1. The van der Waals surface area contributed by atoms with Crippen LogP contribution >= 0.6 is 0 Å². The predicted octanol–water partition coefficient (Wildman–Crippen LogP) is 3.07. The smallest absolute Gasteiger partial charge is 0.159 e. The summed E-state index contributed by atoms with van der Waals surface area (Å²) in [6, 6.07) is 4.12. The molecule has 0 spiro atoms. The summed E-state index contributed by atoms with van der Waals surface area (Å²) >= 11 is 0. The molecule has 1 aromatic carbocycles. The fraction of sp³-hybridized carbons (Fsp3) is 0.500. The van der Waals surface area contributed by atoms with Crippen molar-refractivity contribution in [2.24, 2.45) is 0 Å². The van der Waals surface area contributed by atoms with E-state index in [2.05, 4.69) is 5.32 Å². The predicted molar refractivity (Wildman–Crippen MR) is 57.9 cm³/mol. The molecule has 1 unspecified atom stereocenters. The largest absolute Gasteiger partial charge is 0.317 e. The van der Waals surface area contributed by atoms with Crippen LogP contribution in [0.25, 0.3) is 0 Å². The van der Waals surface area contributed by atoms with Gasteiger partial charge in [-0.05, 0) is 43.1 Å². The lowest BCUT2D eigenvalue weighted by molar-refractivity contribution is 0.504. The molecule has 0 heterocycles. The van der Waals surface area contributed by atoms with Gasteiger partial charge >= 0.3 is 0 Å². The SMILES string of the molecule is CCNCCC(C)c1ccc(F)c(F)c1. The van der Waals surface area contributed by atoms with E-state index >= 15 is 0 Å². The molecule has 0 aliphatic rings. The van der Waals surface area contributed by atoms with Crippen LogP contribution < -0.4 is 5.32 Å². The molecule has 0 aliphatic carbocycles. The second-order valence-electron chi connectivity index (χ2n) is 3.72. The zero-order chi connectivity index (χ0) is 11.3. The molecule has 0 amide bonds. The van der Waals surface area contributed by atoms with Crippen molar-refractivity contribution in [1.82, 2.24) is 5.32 Å². The van der Waals surface area contributed by atoms with Crippen LogP contribution in [0.5, 0.6) is 0 Å². The maximum Gasteiger partial charge on any atom is 0.159 e. The van der Waals surface area contributed by atoms with Gasteiger partial charge in [-0.1, -0.05) is 19.9 Å². The van der Waals surface area contributed by atoms with Gasteiger partial charge in [0.1, 0.15) is 0 Å². The molecule has 0 aromatic heterocycles. The highest BCUT2D eigenvalue weighted by atomic mass is 19.2. The van der Waals surface area contributed by atoms with Crippen LogP contribution in [0.15, 0.2) is 18.2 Å². The van der Waals surface area contributed by atoms with Gasteiger partial charge in [-0.25, -0.2) is 8.78 Å². The third-order valence-corrected chi connectivity index (χ3v) is 2.52. The molecule has 1 nitrogen and oxygen atoms in total. The molecule has 15 heavy (non-hydrogen) atoms. The summed E-state index contributed by atoms with van der Waals surface area (Å²) in [4.78, 5) is 0. The van der Waals surface area contributed by atoms with Crippen LogP contribution in [-0.2, 0) is 0 Å². The van der Waals surface area contributed by atoms with Crippen LogP contribution in [0.2, 0.25) is 0 Å². The lowest BCUT2D eigenvalue weighted by Crippen LogP contribution is -2.16. The van der Waals surface area contributed by atoms with Crippen LogP contribution in [0.1, 0.15) is 31.7 Å². The molecular weight excluding hydrogens is 196 g/mol. The maximum absolute atomic E-state index is 12.9. The molecule has 0 saturated carbocycles. The van der Waals surface area contributed by atoms with E-state index in [1.807, 2.05) is 13.8 Å². The molecule has 0 bridgehead atoms. The van der Waals surface area contributed by atoms with Crippen LogP contribution in [0.4, 0.5) is 8.78 Å². The highest BCUT2D eigenvalue weighted by molar-refractivity contribution is 5.21. The summed E-state index contributed by atoms with van der Waals surface area (Å²) in [6.45, 7) is 5.90. The van der Waals surface area contributed by atoms with Gasteiger partial charge in [0, 0.05) is 0 Å². The van der Waals surface area contributed by atoms with Crippen LogP contribution in [-0.4, -0.2) is 13.1 Å². The van der Waals surface area contributed by atoms with E-state index < -0.39 is 11.6 Å². The first-order valence-electron chi connectivity index (χ1n) is 5.30. The number of hydrogen-bond acceptors (Lipinski definition) is 1. The van der Waals surface area contributed by atoms with Gasteiger partial charge in [0.25, 0.3) is 0 Å². The summed E-state index contributed by atoms with van der Waals surface area (Å²) in [7, 11) is 0. The van der Waals surface area contributed by atoms with Gasteiger partial charge in [-0.2, -0.15) is 0 Å². The molecular formula is C12H17F2N. The maximum atomic E-state index is 12.9. The van der Waals surface area contributed by atoms with E-state index in [1.54, 1.807) is 6.07 Å². The molecule has 0 fully saturated rings. The quantitative estimate of drug-likeness (QED) is 0.741. The minimum absolute atomic E-state index is 0.249. The summed E-state index contributed by atoms with van der Waals surface area (Å²) in [6.07, 6.45) is 0.929. The Morgan fingerprint density at radius 3 is 2.60 bits per heavy atom. The van der Waals surface area contributed by atoms with Gasteiger partial charge in [0.2, 0.25) is 0 Å². The average Bonchev–Trinajstić information content (AvgIpc) is 2.22. The highest BCUT2D eigenvalue weighted by Crippen LogP contribution is 2.20. The normalized spacial score (nSPS) is 12.8. The highest BCUT2D eigenvalue weighted by Gasteiger charge is 2.08. The van der Waals surface area contributed by atoms with Crippen molar-refractivity contribution < 1.29 is 8.78 Å². The molecule has 1 N–H and O–H groups in total. The Morgan fingerprint density at radius 1 is 1.27 bits per heavy atom. The second kappa shape index (κ2) is 5.81. The number of halogens is 2. The molecule has 84 valence electrons. The number of benzene rings is 1. The van der Waals surface area contributed by atoms with Gasteiger partial charge in [0.05, 0.1) is 0 Å². The van der Waals surface area contributed by atoms with E-state index in [0.717, 1.165) is 25.1 Å². The van der Waals surface area contributed by atoms with Crippen LogP contribution in [0.3, 0.4) is 0 Å². The lowest BCUT2D eigenvalue weighted by Gasteiger charge is -2.12. The summed E-state index contributed by atoms with van der Waals surface area (Å²) in [5, 5.41) is 3.21. The summed E-state index contributed by atoms with van der Waals surface area (Å²) in [5.74, 6) is -1.29. The van der Waals surface area contributed by atoms with Crippen molar-refractivity contribution in [3.8, 4) is 0 Å². The molecule has 1 aromatic rings. The molecule has 0 saturated heterocycles. The Labute approximate surface area is 89.5 Å². The van der Waals surface area contributed by atoms with Gasteiger partial charge in [-0.3, -0.25) is 0 Å². The molecule has 3 heteroatoms. The molecule has 0 aliphatic heterocycles. The first-order chi connectivity index (χ1) is 7.15. The summed E-state index contributed by atoms with van der Waals surface area (Å²) < 4.78 is 25.6. The minimum Gasteiger partial charge on any atom is -0.317 e. The minimum atomic E-state index is -0.780. The second-order valence-corrected chi connectivity index (χ2v) is 3.72. The molecule has 1 atom stereocenters. The van der Waals surface area contributed by atoms with E-state index in [-0.39, 0.29) is 5.92 Å². The zero-order valence-corrected chi connectivity index (χ0v) is 9.19. The first-order valence-corrected chi connectivity index (χ1v) is 5.30.